The van der Waals surface area contributed by atoms with E-state index in [2.05, 4.69) is 111 Å². The van der Waals surface area contributed by atoms with Crippen molar-refractivity contribution >= 4 is 0 Å². The Morgan fingerprint density at radius 1 is 0.238 bits per heavy atom. The second kappa shape index (κ2) is 17.0. The minimum absolute atomic E-state index is 0.415. The van der Waals surface area contributed by atoms with Gasteiger partial charge in [-0.2, -0.15) is 0 Å². The summed E-state index contributed by atoms with van der Waals surface area (Å²) in [7, 11) is 0. The number of benzene rings is 8. The second-order valence-corrected chi connectivity index (χ2v) is 16.0. The molecular weight excluding hydrogens is 769 g/mol. The lowest BCUT2D eigenvalue weighted by atomic mass is 9.72. The summed E-state index contributed by atoms with van der Waals surface area (Å²) in [4.78, 5) is 30.0. The molecule has 0 fully saturated rings. The summed E-state index contributed by atoms with van der Waals surface area (Å²) in [5.41, 5.74) is 12.0. The van der Waals surface area contributed by atoms with E-state index in [0.29, 0.717) is 34.9 Å². The molecule has 2 heterocycles. The number of hydrogen-bond donors (Lipinski definition) is 0. The molecule has 10 aromatic rings. The van der Waals surface area contributed by atoms with Crippen LogP contribution in [-0.2, 0) is 5.41 Å². The fraction of sp³-hybridized carbons (Fsp3) is 0.0526. The van der Waals surface area contributed by atoms with Crippen molar-refractivity contribution in [2.45, 2.75) is 19.3 Å². The number of hydrogen-bond acceptors (Lipinski definition) is 6. The molecule has 0 saturated carbocycles. The van der Waals surface area contributed by atoms with Gasteiger partial charge in [-0.3, -0.25) is 0 Å². The third-order valence-corrected chi connectivity index (χ3v) is 11.5. The van der Waals surface area contributed by atoms with Crippen molar-refractivity contribution < 1.29 is 0 Å². The third kappa shape index (κ3) is 8.06. The van der Waals surface area contributed by atoms with Crippen LogP contribution in [0.2, 0.25) is 0 Å². The third-order valence-electron chi connectivity index (χ3n) is 11.5. The maximum Gasteiger partial charge on any atom is 0.164 e. The van der Waals surface area contributed by atoms with Gasteiger partial charge >= 0.3 is 0 Å². The fourth-order valence-corrected chi connectivity index (χ4v) is 8.23. The Bertz CT molecular complexity index is 2860. The largest absolute Gasteiger partial charge is 0.208 e. The van der Waals surface area contributed by atoms with E-state index >= 15 is 0 Å². The van der Waals surface area contributed by atoms with Gasteiger partial charge in [0.2, 0.25) is 0 Å². The van der Waals surface area contributed by atoms with Crippen molar-refractivity contribution in [3.05, 3.63) is 230 Å². The highest BCUT2D eigenvalue weighted by atomic mass is 15.0. The highest BCUT2D eigenvalue weighted by molar-refractivity contribution is 5.79. The monoisotopic (exact) mass is 810 g/mol. The van der Waals surface area contributed by atoms with E-state index in [-0.39, 0.29) is 0 Å². The molecule has 2 aromatic heterocycles. The molecule has 0 aliphatic carbocycles. The van der Waals surface area contributed by atoms with Gasteiger partial charge in [-0.05, 0) is 45.5 Å². The first kappa shape index (κ1) is 38.9. The maximum atomic E-state index is 5.03. The van der Waals surface area contributed by atoms with Crippen LogP contribution < -0.4 is 0 Å². The van der Waals surface area contributed by atoms with Crippen molar-refractivity contribution in [2.24, 2.45) is 0 Å². The molecule has 10 rings (SSSR count). The highest BCUT2D eigenvalue weighted by Gasteiger charge is 2.29. The predicted octanol–water partition coefficient (Wildman–Crippen LogP) is 13.7. The van der Waals surface area contributed by atoms with Gasteiger partial charge < -0.3 is 0 Å². The Kier molecular flexibility index (Phi) is 10.5. The number of nitrogens with zero attached hydrogens (tertiary/aromatic N) is 6. The van der Waals surface area contributed by atoms with E-state index in [1.54, 1.807) is 0 Å². The average Bonchev–Trinajstić information content (AvgIpc) is 3.37. The number of aromatic nitrogens is 6. The Labute approximate surface area is 367 Å². The van der Waals surface area contributed by atoms with E-state index < -0.39 is 5.41 Å². The second-order valence-electron chi connectivity index (χ2n) is 16.0. The van der Waals surface area contributed by atoms with Crippen LogP contribution in [0.15, 0.2) is 218 Å². The summed E-state index contributed by atoms with van der Waals surface area (Å²) in [5.74, 6) is 3.78. The van der Waals surface area contributed by atoms with E-state index in [1.165, 1.54) is 11.1 Å². The van der Waals surface area contributed by atoms with Crippen molar-refractivity contribution in [1.82, 2.24) is 29.9 Å². The smallest absolute Gasteiger partial charge is 0.164 e. The maximum absolute atomic E-state index is 5.03. The van der Waals surface area contributed by atoms with Crippen LogP contribution in [0.1, 0.15) is 25.0 Å². The molecule has 0 bridgehead atoms. The van der Waals surface area contributed by atoms with E-state index in [4.69, 9.17) is 29.9 Å². The van der Waals surface area contributed by atoms with Crippen LogP contribution in [0.5, 0.6) is 0 Å². The zero-order valence-corrected chi connectivity index (χ0v) is 35.0. The summed E-state index contributed by atoms with van der Waals surface area (Å²) in [6.45, 7) is 4.62. The first-order valence-electron chi connectivity index (χ1n) is 21.1. The molecule has 0 saturated heterocycles. The van der Waals surface area contributed by atoms with Gasteiger partial charge in [-0.15, -0.1) is 0 Å². The Morgan fingerprint density at radius 2 is 0.476 bits per heavy atom. The summed E-state index contributed by atoms with van der Waals surface area (Å²) < 4.78 is 0. The van der Waals surface area contributed by atoms with Gasteiger partial charge in [0.25, 0.3) is 0 Å². The van der Waals surface area contributed by atoms with Crippen LogP contribution in [0, 0.1) is 0 Å². The summed E-state index contributed by atoms with van der Waals surface area (Å²) in [6, 6.07) is 74.9. The van der Waals surface area contributed by atoms with E-state index in [1.807, 2.05) is 121 Å². The molecule has 300 valence electrons. The summed E-state index contributed by atoms with van der Waals surface area (Å²) in [6.07, 6.45) is 0. The Hall–Kier alpha value is -8.22. The summed E-state index contributed by atoms with van der Waals surface area (Å²) >= 11 is 0. The molecule has 0 amide bonds. The lowest BCUT2D eigenvalue weighted by Crippen LogP contribution is -2.21. The van der Waals surface area contributed by atoms with Crippen molar-refractivity contribution in [3.63, 3.8) is 0 Å². The molecule has 0 aliphatic rings. The van der Waals surface area contributed by atoms with E-state index in [0.717, 1.165) is 55.6 Å². The van der Waals surface area contributed by atoms with Gasteiger partial charge in [0.05, 0.1) is 0 Å². The quantitative estimate of drug-likeness (QED) is 0.137. The zero-order chi connectivity index (χ0) is 42.6. The molecule has 6 nitrogen and oxygen atoms in total. The van der Waals surface area contributed by atoms with Crippen LogP contribution in [0.25, 0.3) is 90.6 Å². The Balaban J connectivity index is 1.04. The van der Waals surface area contributed by atoms with Crippen LogP contribution in [0.3, 0.4) is 0 Å². The zero-order valence-electron chi connectivity index (χ0n) is 35.0. The first-order chi connectivity index (χ1) is 31.0. The van der Waals surface area contributed by atoms with Gasteiger partial charge in [-0.25, -0.2) is 29.9 Å². The molecule has 0 atom stereocenters. The molecule has 0 aliphatic heterocycles. The first-order valence-corrected chi connectivity index (χ1v) is 21.1. The predicted molar refractivity (Wildman–Crippen MR) is 255 cm³/mol. The van der Waals surface area contributed by atoms with Crippen molar-refractivity contribution in [2.75, 3.05) is 0 Å². The van der Waals surface area contributed by atoms with Crippen molar-refractivity contribution in [3.8, 4) is 90.6 Å². The SMILES string of the molecule is CC(C)(c1ccccc1-c1cccc(-c2nc(-c3ccccc3)nc(-c3ccccc3)n2)c1)c1ccccc1-c1cccc(-c2nc(-c3ccccc3)nc(-c3ccccc3)n2)c1. The highest BCUT2D eigenvalue weighted by Crippen LogP contribution is 2.43. The van der Waals surface area contributed by atoms with Gasteiger partial charge in [0.15, 0.2) is 34.9 Å². The normalized spacial score (nSPS) is 11.3. The minimum atomic E-state index is -0.415. The van der Waals surface area contributed by atoms with Gasteiger partial charge in [0, 0.05) is 38.8 Å². The topological polar surface area (TPSA) is 77.3 Å². The summed E-state index contributed by atoms with van der Waals surface area (Å²) in [5, 5.41) is 0. The molecule has 0 N–H and O–H groups in total. The molecule has 63 heavy (non-hydrogen) atoms. The molecule has 6 heteroatoms. The molecule has 8 aromatic carbocycles. The van der Waals surface area contributed by atoms with Crippen molar-refractivity contribution in [1.29, 1.82) is 0 Å². The Morgan fingerprint density at radius 3 is 0.794 bits per heavy atom. The minimum Gasteiger partial charge on any atom is -0.208 e. The molecule has 0 radical (unpaired) electrons. The van der Waals surface area contributed by atoms with Crippen LogP contribution in [-0.4, -0.2) is 29.9 Å². The lowest BCUT2D eigenvalue weighted by Gasteiger charge is -2.31. The molecule has 0 unspecified atom stereocenters. The standard InChI is InChI=1S/C57H42N6/c1-57(2,49-35-17-15-33-47(49)43-29-19-31-45(37-43)55-60-51(39-21-7-3-8-22-39)58-52(61-55)40-23-9-4-10-24-40)50-36-18-16-34-48(50)44-30-20-32-46(38-44)56-62-53(41-25-11-5-12-26-41)59-54(63-56)42-27-13-6-14-28-42/h3-38H,1-2H3. The average molecular weight is 811 g/mol. The lowest BCUT2D eigenvalue weighted by molar-refractivity contribution is 0.644. The fourth-order valence-electron chi connectivity index (χ4n) is 8.23. The van der Waals surface area contributed by atoms with Crippen LogP contribution >= 0.6 is 0 Å². The van der Waals surface area contributed by atoms with E-state index in [9.17, 15) is 0 Å². The van der Waals surface area contributed by atoms with Gasteiger partial charge in [-0.1, -0.05) is 220 Å². The molecular formula is C57H42N6. The van der Waals surface area contributed by atoms with Crippen LogP contribution in [0.4, 0.5) is 0 Å². The number of rotatable bonds is 10. The van der Waals surface area contributed by atoms with Gasteiger partial charge in [0.1, 0.15) is 0 Å². The molecule has 0 spiro atoms.